The van der Waals surface area contributed by atoms with Gasteiger partial charge in [0, 0.05) is 0 Å². The van der Waals surface area contributed by atoms with E-state index in [9.17, 15) is 14.4 Å². The first-order valence-electron chi connectivity index (χ1n) is 8.85. The zero-order chi connectivity index (χ0) is 21.0. The first-order chi connectivity index (χ1) is 13.8. The Labute approximate surface area is 171 Å². The number of anilines is 1. The molecule has 0 aliphatic carbocycles. The molecule has 0 saturated carbocycles. The van der Waals surface area contributed by atoms with Gasteiger partial charge >= 0.3 is 0 Å². The number of hydrogen-bond acceptors (Lipinski definition) is 5. The lowest BCUT2D eigenvalue weighted by molar-refractivity contribution is -0.119. The summed E-state index contributed by atoms with van der Waals surface area (Å²) in [6, 6.07) is 13.8. The summed E-state index contributed by atoms with van der Waals surface area (Å²) in [6.45, 7) is -0.0839. The number of carbonyl (C=O) groups is 2. The molecular weight excluding hydrogens is 394 g/mol. The molecule has 9 heteroatoms. The number of fused-ring (bicyclic) bond motifs is 1. The molecule has 0 radical (unpaired) electrons. The van der Waals surface area contributed by atoms with Gasteiger partial charge in [-0.25, -0.2) is 4.98 Å². The number of carbonyl (C=O) groups excluding carboxylic acids is 2. The third kappa shape index (κ3) is 4.98. The number of halogens is 1. The second-order valence-electron chi connectivity index (χ2n) is 6.60. The fraction of sp³-hybridized carbons (Fsp3) is 0.200. The number of nitrogens with zero attached hydrogens (tertiary/aromatic N) is 3. The summed E-state index contributed by atoms with van der Waals surface area (Å²) in [5.74, 6) is -0.574. The summed E-state index contributed by atoms with van der Waals surface area (Å²) in [7, 11) is 1.71. The lowest BCUT2D eigenvalue weighted by Crippen LogP contribution is -2.36. The first kappa shape index (κ1) is 20.5. The van der Waals surface area contributed by atoms with Crippen LogP contribution < -0.4 is 16.6 Å². The molecule has 3 rings (SSSR count). The van der Waals surface area contributed by atoms with Crippen LogP contribution in [-0.4, -0.2) is 39.9 Å². The largest absolute Gasteiger partial charge is 0.368 e. The maximum absolute atomic E-state index is 12.8. The molecule has 1 aromatic heterocycles. The quantitative estimate of drug-likeness (QED) is 0.611. The zero-order valence-electron chi connectivity index (χ0n) is 15.8. The van der Waals surface area contributed by atoms with Crippen LogP contribution in [0.25, 0.3) is 10.9 Å². The van der Waals surface area contributed by atoms with E-state index < -0.39 is 5.91 Å². The van der Waals surface area contributed by atoms with Crippen LogP contribution in [0.2, 0.25) is 5.02 Å². The summed E-state index contributed by atoms with van der Waals surface area (Å²) in [4.78, 5) is 42.7. The Morgan fingerprint density at radius 1 is 1.17 bits per heavy atom. The topological polar surface area (TPSA) is 110 Å². The Morgan fingerprint density at radius 2 is 1.86 bits per heavy atom. The minimum absolute atomic E-state index is 0.0322. The molecule has 0 atom stereocenters. The molecule has 150 valence electrons. The molecule has 0 unspecified atom stereocenters. The minimum Gasteiger partial charge on any atom is -0.368 e. The van der Waals surface area contributed by atoms with Gasteiger partial charge in [0.15, 0.2) is 0 Å². The van der Waals surface area contributed by atoms with E-state index in [4.69, 9.17) is 17.3 Å². The van der Waals surface area contributed by atoms with Crippen LogP contribution in [0.1, 0.15) is 5.82 Å². The van der Waals surface area contributed by atoms with Gasteiger partial charge in [0.05, 0.1) is 34.7 Å². The highest BCUT2D eigenvalue weighted by atomic mass is 35.5. The number of hydrogen-bond donors (Lipinski definition) is 2. The van der Waals surface area contributed by atoms with E-state index in [1.807, 2.05) is 0 Å². The van der Waals surface area contributed by atoms with E-state index >= 15 is 0 Å². The molecule has 0 spiro atoms. The van der Waals surface area contributed by atoms with Crippen LogP contribution in [0.15, 0.2) is 53.3 Å². The number of benzene rings is 2. The van der Waals surface area contributed by atoms with E-state index in [-0.39, 0.29) is 31.1 Å². The molecule has 0 aliphatic rings. The molecule has 0 fully saturated rings. The van der Waals surface area contributed by atoms with Crippen LogP contribution in [-0.2, 0) is 22.7 Å². The molecule has 0 saturated heterocycles. The Morgan fingerprint density at radius 3 is 2.59 bits per heavy atom. The predicted molar refractivity (Wildman–Crippen MR) is 112 cm³/mol. The molecule has 29 heavy (non-hydrogen) atoms. The second kappa shape index (κ2) is 8.85. The standard InChI is InChI=1S/C20H20ClN5O3/c1-25(12-19(28)24-16-9-5-3-7-14(16)21)11-18-23-15-8-4-2-6-13(15)20(29)26(18)10-17(22)27/h2-9H,10-12H2,1H3,(H2,22,27)(H,24,28). The molecule has 1 heterocycles. The van der Waals surface area contributed by atoms with Gasteiger partial charge in [-0.1, -0.05) is 35.9 Å². The number of rotatable bonds is 7. The van der Waals surface area contributed by atoms with E-state index in [1.54, 1.807) is 60.5 Å². The maximum atomic E-state index is 12.8. The van der Waals surface area contributed by atoms with Gasteiger partial charge in [-0.15, -0.1) is 0 Å². The second-order valence-corrected chi connectivity index (χ2v) is 7.01. The fourth-order valence-electron chi connectivity index (χ4n) is 2.95. The van der Waals surface area contributed by atoms with Crippen molar-refractivity contribution < 1.29 is 9.59 Å². The van der Waals surface area contributed by atoms with Crippen molar-refractivity contribution in [1.82, 2.24) is 14.5 Å². The Bertz CT molecular complexity index is 1130. The summed E-state index contributed by atoms with van der Waals surface area (Å²) in [5.41, 5.74) is 5.98. The van der Waals surface area contributed by atoms with Gasteiger partial charge in [0.1, 0.15) is 12.4 Å². The van der Waals surface area contributed by atoms with E-state index in [0.29, 0.717) is 27.4 Å². The maximum Gasteiger partial charge on any atom is 0.261 e. The van der Waals surface area contributed by atoms with Crippen LogP contribution in [0.5, 0.6) is 0 Å². The first-order valence-corrected chi connectivity index (χ1v) is 9.22. The van der Waals surface area contributed by atoms with Crippen molar-refractivity contribution >= 4 is 40.0 Å². The summed E-state index contributed by atoms with van der Waals surface area (Å²) in [5, 5.41) is 3.58. The van der Waals surface area contributed by atoms with Crippen molar-refractivity contribution in [3.8, 4) is 0 Å². The van der Waals surface area contributed by atoms with E-state index in [2.05, 4.69) is 10.3 Å². The average molecular weight is 414 g/mol. The summed E-state index contributed by atoms with van der Waals surface area (Å²) in [6.07, 6.45) is 0. The van der Waals surface area contributed by atoms with Gasteiger partial charge in [-0.05, 0) is 31.3 Å². The fourth-order valence-corrected chi connectivity index (χ4v) is 3.13. The molecule has 8 nitrogen and oxygen atoms in total. The third-order valence-corrected chi connectivity index (χ3v) is 4.56. The van der Waals surface area contributed by atoms with Crippen LogP contribution >= 0.6 is 11.6 Å². The SMILES string of the molecule is CN(CC(=O)Nc1ccccc1Cl)Cc1nc2ccccc2c(=O)n1CC(N)=O. The van der Waals surface area contributed by atoms with E-state index in [1.165, 1.54) is 4.57 Å². The van der Waals surface area contributed by atoms with Crippen molar-refractivity contribution in [1.29, 1.82) is 0 Å². The van der Waals surface area contributed by atoms with Crippen molar-refractivity contribution in [3.05, 3.63) is 69.7 Å². The predicted octanol–water partition coefficient (Wildman–Crippen LogP) is 1.61. The average Bonchev–Trinajstić information content (AvgIpc) is 2.66. The highest BCUT2D eigenvalue weighted by molar-refractivity contribution is 6.33. The molecule has 0 bridgehead atoms. The number of primary amides is 1. The number of likely N-dealkylation sites (N-methyl/N-ethyl adjacent to an activating group) is 1. The molecule has 2 aromatic carbocycles. The molecule has 3 aromatic rings. The van der Waals surface area contributed by atoms with Gasteiger partial charge in [-0.2, -0.15) is 0 Å². The van der Waals surface area contributed by atoms with Gasteiger partial charge in [-0.3, -0.25) is 23.9 Å². The van der Waals surface area contributed by atoms with Crippen LogP contribution in [0.4, 0.5) is 5.69 Å². The molecular formula is C20H20ClN5O3. The van der Waals surface area contributed by atoms with Crippen molar-refractivity contribution in [2.75, 3.05) is 18.9 Å². The monoisotopic (exact) mass is 413 g/mol. The van der Waals surface area contributed by atoms with E-state index in [0.717, 1.165) is 0 Å². The van der Waals surface area contributed by atoms with Crippen LogP contribution in [0, 0.1) is 0 Å². The lowest BCUT2D eigenvalue weighted by Gasteiger charge is -2.19. The number of para-hydroxylation sites is 2. The lowest BCUT2D eigenvalue weighted by atomic mass is 10.2. The molecule has 3 N–H and O–H groups in total. The van der Waals surface area contributed by atoms with Crippen molar-refractivity contribution in [2.45, 2.75) is 13.1 Å². The highest BCUT2D eigenvalue weighted by Crippen LogP contribution is 2.20. The van der Waals surface area contributed by atoms with Crippen molar-refractivity contribution in [3.63, 3.8) is 0 Å². The molecule has 2 amide bonds. The number of amides is 2. The van der Waals surface area contributed by atoms with Gasteiger partial charge < -0.3 is 11.1 Å². The Hall–Kier alpha value is -3.23. The number of aromatic nitrogens is 2. The number of nitrogens with two attached hydrogens (primary N) is 1. The highest BCUT2D eigenvalue weighted by Gasteiger charge is 2.16. The normalized spacial score (nSPS) is 11.0. The minimum atomic E-state index is -0.649. The number of nitrogens with one attached hydrogen (secondary N) is 1. The third-order valence-electron chi connectivity index (χ3n) is 4.23. The Kier molecular flexibility index (Phi) is 6.26. The van der Waals surface area contributed by atoms with Gasteiger partial charge in [0.2, 0.25) is 11.8 Å². The van der Waals surface area contributed by atoms with Gasteiger partial charge in [0.25, 0.3) is 5.56 Å². The smallest absolute Gasteiger partial charge is 0.261 e. The zero-order valence-corrected chi connectivity index (χ0v) is 16.5. The molecule has 0 aliphatic heterocycles. The van der Waals surface area contributed by atoms with Crippen LogP contribution in [0.3, 0.4) is 0 Å². The summed E-state index contributed by atoms with van der Waals surface area (Å²) >= 11 is 6.06. The van der Waals surface area contributed by atoms with Crippen molar-refractivity contribution in [2.24, 2.45) is 5.73 Å². The Balaban J connectivity index is 1.81. The summed E-state index contributed by atoms with van der Waals surface area (Å²) < 4.78 is 1.24.